The highest BCUT2D eigenvalue weighted by Gasteiger charge is 2.38. The zero-order valence-corrected chi connectivity index (χ0v) is 19.6. The van der Waals surface area contributed by atoms with E-state index in [1.807, 2.05) is 23.1 Å². The van der Waals surface area contributed by atoms with Crippen LogP contribution in [0.3, 0.4) is 0 Å². The van der Waals surface area contributed by atoms with Crippen LogP contribution in [0.15, 0.2) is 18.2 Å². The van der Waals surface area contributed by atoms with Crippen molar-refractivity contribution in [2.75, 3.05) is 44.2 Å². The first-order chi connectivity index (χ1) is 15.7. The van der Waals surface area contributed by atoms with Gasteiger partial charge in [-0.15, -0.1) is 0 Å². The molecule has 6 heteroatoms. The highest BCUT2D eigenvalue weighted by Crippen LogP contribution is 2.35. The highest BCUT2D eigenvalue weighted by atomic mass is 16.2. The Hall–Kier alpha value is -2.08. The normalized spacial score (nSPS) is 25.3. The Morgan fingerprint density at radius 1 is 0.906 bits per heavy atom. The minimum absolute atomic E-state index is 0.114. The van der Waals surface area contributed by atoms with Crippen molar-refractivity contribution in [1.82, 2.24) is 14.7 Å². The fourth-order valence-corrected chi connectivity index (χ4v) is 6.35. The maximum Gasteiger partial charge on any atom is 0.257 e. The Balaban J connectivity index is 1.32. The van der Waals surface area contributed by atoms with Crippen molar-refractivity contribution >= 4 is 17.5 Å². The van der Waals surface area contributed by atoms with Crippen molar-refractivity contribution < 1.29 is 9.59 Å². The van der Waals surface area contributed by atoms with Gasteiger partial charge >= 0.3 is 0 Å². The van der Waals surface area contributed by atoms with Crippen molar-refractivity contribution in [3.63, 3.8) is 0 Å². The summed E-state index contributed by atoms with van der Waals surface area (Å²) in [5, 5.41) is 0. The van der Waals surface area contributed by atoms with Crippen LogP contribution in [-0.2, 0) is 0 Å². The summed E-state index contributed by atoms with van der Waals surface area (Å²) in [4.78, 5) is 35.6. The Bertz CT molecular complexity index is 842. The molecule has 0 aromatic heterocycles. The monoisotopic (exact) mass is 438 g/mol. The summed E-state index contributed by atoms with van der Waals surface area (Å²) in [6, 6.07) is 6.48. The number of rotatable bonds is 3. The predicted octanol–water partition coefficient (Wildman–Crippen LogP) is 3.96. The van der Waals surface area contributed by atoms with Gasteiger partial charge in [0.05, 0.1) is 11.3 Å². The summed E-state index contributed by atoms with van der Waals surface area (Å²) in [5.74, 6) is 0.250. The van der Waals surface area contributed by atoms with E-state index in [9.17, 15) is 9.59 Å². The molecular weight excluding hydrogens is 400 g/mol. The van der Waals surface area contributed by atoms with E-state index in [0.29, 0.717) is 0 Å². The molecule has 0 radical (unpaired) electrons. The molecule has 1 saturated carbocycles. The molecule has 3 aliphatic heterocycles. The molecule has 5 rings (SSSR count). The molecule has 1 aromatic carbocycles. The number of hydrogen-bond donors (Lipinski definition) is 0. The lowest BCUT2D eigenvalue weighted by Gasteiger charge is -2.45. The number of hydrogen-bond acceptors (Lipinski definition) is 4. The van der Waals surface area contributed by atoms with E-state index >= 15 is 0 Å². The Morgan fingerprint density at radius 3 is 2.38 bits per heavy atom. The summed E-state index contributed by atoms with van der Waals surface area (Å²) in [6.45, 7) is 7.42. The molecule has 1 atom stereocenters. The molecule has 174 valence electrons. The highest BCUT2D eigenvalue weighted by molar-refractivity contribution is 6.04. The third kappa shape index (κ3) is 4.02. The van der Waals surface area contributed by atoms with E-state index in [2.05, 4.69) is 21.6 Å². The summed E-state index contributed by atoms with van der Waals surface area (Å²) in [7, 11) is 0. The summed E-state index contributed by atoms with van der Waals surface area (Å²) in [5.41, 5.74) is 2.43. The maximum absolute atomic E-state index is 13.4. The Labute approximate surface area is 192 Å². The maximum atomic E-state index is 13.4. The molecule has 0 spiro atoms. The van der Waals surface area contributed by atoms with Crippen molar-refractivity contribution in [3.8, 4) is 0 Å². The van der Waals surface area contributed by atoms with Crippen LogP contribution in [0, 0.1) is 0 Å². The summed E-state index contributed by atoms with van der Waals surface area (Å²) in [6.07, 6.45) is 11.3. The van der Waals surface area contributed by atoms with Gasteiger partial charge in [-0.1, -0.05) is 25.7 Å². The quantitative estimate of drug-likeness (QED) is 0.717. The van der Waals surface area contributed by atoms with Gasteiger partial charge in [-0.3, -0.25) is 14.5 Å². The SMILES string of the molecule is CCN1c2cc(C(=O)N3CCN(C4CCCCC4)CC3)ccc2C(=O)N2CCCCC[C@H]21. The molecule has 2 saturated heterocycles. The van der Waals surface area contributed by atoms with Crippen LogP contribution < -0.4 is 4.90 Å². The Kier molecular flexibility index (Phi) is 6.40. The van der Waals surface area contributed by atoms with Crippen LogP contribution in [0.2, 0.25) is 0 Å². The Morgan fingerprint density at radius 2 is 1.62 bits per heavy atom. The largest absolute Gasteiger partial charge is 0.351 e. The van der Waals surface area contributed by atoms with E-state index in [1.54, 1.807) is 0 Å². The van der Waals surface area contributed by atoms with Crippen LogP contribution in [0.4, 0.5) is 5.69 Å². The van der Waals surface area contributed by atoms with E-state index in [-0.39, 0.29) is 18.0 Å². The minimum Gasteiger partial charge on any atom is -0.351 e. The fourth-order valence-electron chi connectivity index (χ4n) is 6.35. The number of carbonyl (C=O) groups is 2. The number of anilines is 1. The molecular formula is C26H38N4O2. The molecule has 0 bridgehead atoms. The third-order valence-corrected chi connectivity index (χ3v) is 8.16. The van der Waals surface area contributed by atoms with E-state index in [1.165, 1.54) is 38.5 Å². The van der Waals surface area contributed by atoms with Crippen LogP contribution in [0.25, 0.3) is 0 Å². The van der Waals surface area contributed by atoms with Crippen LogP contribution in [0.1, 0.15) is 85.4 Å². The zero-order chi connectivity index (χ0) is 22.1. The second-order valence-corrected chi connectivity index (χ2v) is 9.97. The molecule has 0 unspecified atom stereocenters. The van der Waals surface area contributed by atoms with Gasteiger partial charge in [0.25, 0.3) is 11.8 Å². The summed E-state index contributed by atoms with van der Waals surface area (Å²) < 4.78 is 0. The van der Waals surface area contributed by atoms with Gasteiger partial charge in [0, 0.05) is 50.9 Å². The number of nitrogens with zero attached hydrogens (tertiary/aromatic N) is 4. The first kappa shape index (κ1) is 21.7. The van der Waals surface area contributed by atoms with Crippen molar-refractivity contribution in [1.29, 1.82) is 0 Å². The molecule has 0 N–H and O–H groups in total. The average Bonchev–Trinajstić information content (AvgIpc) is 3.11. The third-order valence-electron chi connectivity index (χ3n) is 8.16. The molecule has 1 aliphatic carbocycles. The average molecular weight is 439 g/mol. The van der Waals surface area contributed by atoms with Gasteiger partial charge in [-0.05, 0) is 57.2 Å². The predicted molar refractivity (Wildman–Crippen MR) is 127 cm³/mol. The van der Waals surface area contributed by atoms with E-state index < -0.39 is 0 Å². The van der Waals surface area contributed by atoms with Gasteiger partial charge in [-0.2, -0.15) is 0 Å². The van der Waals surface area contributed by atoms with Crippen LogP contribution in [0.5, 0.6) is 0 Å². The molecule has 1 aromatic rings. The lowest BCUT2D eigenvalue weighted by molar-refractivity contribution is 0.0522. The second-order valence-electron chi connectivity index (χ2n) is 9.97. The van der Waals surface area contributed by atoms with Gasteiger partial charge in [0.2, 0.25) is 0 Å². The van der Waals surface area contributed by atoms with E-state index in [4.69, 9.17) is 0 Å². The van der Waals surface area contributed by atoms with Crippen molar-refractivity contribution in [2.24, 2.45) is 0 Å². The molecule has 3 fully saturated rings. The minimum atomic E-state index is 0.114. The zero-order valence-electron chi connectivity index (χ0n) is 19.6. The second kappa shape index (κ2) is 9.42. The van der Waals surface area contributed by atoms with Gasteiger partial charge in [0.1, 0.15) is 6.17 Å². The van der Waals surface area contributed by atoms with Crippen molar-refractivity contribution in [2.45, 2.75) is 76.9 Å². The number of amides is 2. The molecule has 6 nitrogen and oxygen atoms in total. The lowest BCUT2D eigenvalue weighted by Crippen LogP contribution is -2.55. The summed E-state index contributed by atoms with van der Waals surface area (Å²) >= 11 is 0. The lowest BCUT2D eigenvalue weighted by atomic mass is 9.94. The fraction of sp³-hybridized carbons (Fsp3) is 0.692. The van der Waals surface area contributed by atoms with Crippen LogP contribution in [-0.4, -0.2) is 78.0 Å². The number of carbonyl (C=O) groups excluding carboxylic acids is 2. The molecule has 2 amide bonds. The van der Waals surface area contributed by atoms with Gasteiger partial charge in [0.15, 0.2) is 0 Å². The number of piperazine rings is 1. The smallest absolute Gasteiger partial charge is 0.257 e. The topological polar surface area (TPSA) is 47.1 Å². The first-order valence-electron chi connectivity index (χ1n) is 12.9. The molecule has 4 aliphatic rings. The van der Waals surface area contributed by atoms with E-state index in [0.717, 1.165) is 81.4 Å². The number of benzene rings is 1. The van der Waals surface area contributed by atoms with Crippen molar-refractivity contribution in [3.05, 3.63) is 29.3 Å². The van der Waals surface area contributed by atoms with Gasteiger partial charge in [-0.25, -0.2) is 0 Å². The number of fused-ring (bicyclic) bond motifs is 2. The molecule has 32 heavy (non-hydrogen) atoms. The van der Waals surface area contributed by atoms with Gasteiger partial charge < -0.3 is 14.7 Å². The standard InChI is InChI=1S/C26H38N4O2/c1-2-29-23-19-20(12-13-22(23)26(32)30-14-8-4-7-11-24(29)30)25(31)28-17-15-27(16-18-28)21-9-5-3-6-10-21/h12-13,19,21,24H,2-11,14-18H2,1H3/t24-/m0/s1. The molecule has 3 heterocycles. The first-order valence-corrected chi connectivity index (χ1v) is 12.9. The van der Waals surface area contributed by atoms with Crippen LogP contribution >= 0.6 is 0 Å².